The second kappa shape index (κ2) is 3.68. The normalized spacial score (nSPS) is 16.8. The summed E-state index contributed by atoms with van der Waals surface area (Å²) >= 11 is 0. The monoisotopic (exact) mass is 257 g/mol. The van der Waals surface area contributed by atoms with E-state index in [1.54, 1.807) is 0 Å². The van der Waals surface area contributed by atoms with Crippen LogP contribution in [0, 0.1) is 21.1 Å². The summed E-state index contributed by atoms with van der Waals surface area (Å²) in [5, 5.41) is 20.7. The van der Waals surface area contributed by atoms with Crippen molar-refractivity contribution >= 4 is 17.2 Å². The van der Waals surface area contributed by atoms with E-state index >= 15 is 0 Å². The minimum absolute atomic E-state index is 0.255. The quantitative estimate of drug-likeness (QED) is 0.480. The highest BCUT2D eigenvalue weighted by atomic mass is 19.3. The van der Waals surface area contributed by atoms with Gasteiger partial charge in [-0.05, 0) is 6.07 Å². The summed E-state index contributed by atoms with van der Waals surface area (Å²) in [6.07, 6.45) is -3.94. The van der Waals surface area contributed by atoms with E-state index in [1.165, 1.54) is 0 Å². The molecule has 94 valence electrons. The third-order valence-electron chi connectivity index (χ3n) is 2.21. The van der Waals surface area contributed by atoms with Crippen LogP contribution in [0.15, 0.2) is 23.4 Å². The molecular weight excluding hydrogens is 252 g/mol. The van der Waals surface area contributed by atoms with Gasteiger partial charge in [-0.2, -0.15) is 19.3 Å². The van der Waals surface area contributed by atoms with Crippen LogP contribution in [0.5, 0.6) is 5.75 Å². The Bertz CT molecular complexity index is 562. The molecule has 0 bridgehead atoms. The number of ether oxygens (including phenoxy) is 1. The van der Waals surface area contributed by atoms with Gasteiger partial charge in [0, 0.05) is 12.1 Å². The van der Waals surface area contributed by atoms with Gasteiger partial charge in [0.15, 0.2) is 5.75 Å². The molecule has 0 spiro atoms. The van der Waals surface area contributed by atoms with Crippen molar-refractivity contribution in [2.75, 3.05) is 5.01 Å². The van der Waals surface area contributed by atoms with E-state index in [9.17, 15) is 18.9 Å². The average Bonchev–Trinajstić information content (AvgIpc) is 2.30. The Labute approximate surface area is 97.9 Å². The molecule has 0 atom stereocenters. The zero-order valence-electron chi connectivity index (χ0n) is 8.55. The molecule has 0 aliphatic carbocycles. The Balaban J connectivity index is 2.60. The Morgan fingerprint density at radius 1 is 1.50 bits per heavy atom. The molecule has 8 nitrogen and oxygen atoms in total. The molecule has 1 aliphatic heterocycles. The maximum atomic E-state index is 13.2. The number of hydrogen-bond donors (Lipinski definition) is 2. The van der Waals surface area contributed by atoms with Crippen LogP contribution >= 0.6 is 0 Å². The lowest BCUT2D eigenvalue weighted by Crippen LogP contribution is -2.47. The van der Waals surface area contributed by atoms with Crippen LogP contribution in [0.1, 0.15) is 0 Å². The molecule has 2 N–H and O–H groups in total. The first kappa shape index (κ1) is 11.8. The van der Waals surface area contributed by atoms with Crippen LogP contribution in [-0.4, -0.2) is 16.9 Å². The van der Waals surface area contributed by atoms with E-state index in [1.807, 2.05) is 0 Å². The molecule has 18 heavy (non-hydrogen) atoms. The van der Waals surface area contributed by atoms with Crippen LogP contribution in [0.2, 0.25) is 0 Å². The van der Waals surface area contributed by atoms with Crippen molar-refractivity contribution in [3.05, 3.63) is 28.3 Å². The third-order valence-corrected chi connectivity index (χ3v) is 2.21. The Kier molecular flexibility index (Phi) is 2.42. The van der Waals surface area contributed by atoms with Crippen molar-refractivity contribution in [3.63, 3.8) is 0 Å². The summed E-state index contributed by atoms with van der Waals surface area (Å²) < 4.78 is 30.6. The van der Waals surface area contributed by atoms with Gasteiger partial charge in [0.25, 0.3) is 5.69 Å². The second-order valence-electron chi connectivity index (χ2n) is 3.29. The van der Waals surface area contributed by atoms with Gasteiger partial charge in [-0.15, -0.1) is 0 Å². The number of nitro groups is 1. The number of fused-ring (bicyclic) bond motifs is 1. The first-order valence-electron chi connectivity index (χ1n) is 4.48. The van der Waals surface area contributed by atoms with Crippen LogP contribution in [0.25, 0.3) is 0 Å². The zero-order valence-corrected chi connectivity index (χ0v) is 8.55. The van der Waals surface area contributed by atoms with Gasteiger partial charge < -0.3 is 4.74 Å². The summed E-state index contributed by atoms with van der Waals surface area (Å²) in [5.41, 5.74) is 6.12. The van der Waals surface area contributed by atoms with Crippen molar-refractivity contribution in [1.29, 1.82) is 10.9 Å². The molecule has 0 saturated carbocycles. The average molecular weight is 257 g/mol. The van der Waals surface area contributed by atoms with Gasteiger partial charge >= 0.3 is 6.11 Å². The van der Waals surface area contributed by atoms with Crippen LogP contribution in [0.3, 0.4) is 0 Å². The van der Waals surface area contributed by atoms with E-state index < -0.39 is 22.6 Å². The smallest absolute Gasteiger partial charge is 0.424 e. The highest BCUT2D eigenvalue weighted by molar-refractivity contribution is 6.02. The minimum Gasteiger partial charge on any atom is -0.424 e. The molecule has 1 heterocycles. The number of alkyl halides is 2. The van der Waals surface area contributed by atoms with Crippen LogP contribution < -0.4 is 9.75 Å². The molecule has 0 aromatic heterocycles. The Morgan fingerprint density at radius 2 is 2.17 bits per heavy atom. The number of nitrogens with zero attached hydrogens (tertiary/aromatic N) is 3. The van der Waals surface area contributed by atoms with Crippen molar-refractivity contribution in [3.8, 4) is 5.75 Å². The molecular formula is C8H5F2N5O3. The number of nitrogens with one attached hydrogen (secondary N) is 2. The first-order chi connectivity index (χ1) is 8.36. The van der Waals surface area contributed by atoms with Gasteiger partial charge in [0.2, 0.25) is 5.84 Å². The van der Waals surface area contributed by atoms with E-state index in [4.69, 9.17) is 10.9 Å². The molecule has 2 rings (SSSR count). The van der Waals surface area contributed by atoms with Gasteiger partial charge in [-0.3, -0.25) is 15.5 Å². The highest BCUT2D eigenvalue weighted by Gasteiger charge is 2.48. The molecule has 0 amide bonds. The number of rotatable bonds is 2. The van der Waals surface area contributed by atoms with Gasteiger partial charge in [-0.25, -0.2) is 0 Å². The number of benzene rings is 1. The zero-order chi connectivity index (χ0) is 13.5. The molecule has 0 saturated heterocycles. The number of anilines is 1. The largest absolute Gasteiger partial charge is 0.462 e. The van der Waals surface area contributed by atoms with E-state index in [0.717, 1.165) is 18.2 Å². The predicted octanol–water partition coefficient (Wildman–Crippen LogP) is 2.31. The van der Waals surface area contributed by atoms with Crippen molar-refractivity contribution in [2.24, 2.45) is 5.22 Å². The SMILES string of the molecule is N=NN1C(=N)C(F)(F)Oc2ccc([N+](=O)[O-])cc21. The summed E-state index contributed by atoms with van der Waals surface area (Å²) in [6.45, 7) is 0. The lowest BCUT2D eigenvalue weighted by Gasteiger charge is -2.30. The molecule has 1 aromatic rings. The highest BCUT2D eigenvalue weighted by Crippen LogP contribution is 2.41. The van der Waals surface area contributed by atoms with Gasteiger partial charge in [0.1, 0.15) is 5.69 Å². The summed E-state index contributed by atoms with van der Waals surface area (Å²) in [7, 11) is 0. The lowest BCUT2D eigenvalue weighted by molar-refractivity contribution is -0.384. The third kappa shape index (κ3) is 1.63. The minimum atomic E-state index is -3.94. The van der Waals surface area contributed by atoms with Crippen LogP contribution in [0.4, 0.5) is 20.2 Å². The predicted molar refractivity (Wildman–Crippen MR) is 54.0 cm³/mol. The van der Waals surface area contributed by atoms with Gasteiger partial charge in [-0.1, -0.05) is 5.22 Å². The topological polar surface area (TPSA) is 116 Å². The number of nitro benzene ring substituents is 1. The van der Waals surface area contributed by atoms with Crippen LogP contribution in [-0.2, 0) is 0 Å². The number of hydrogen-bond acceptors (Lipinski definition) is 6. The summed E-state index contributed by atoms with van der Waals surface area (Å²) in [5.74, 6) is -1.77. The Morgan fingerprint density at radius 3 is 2.72 bits per heavy atom. The molecule has 1 aromatic carbocycles. The Hall–Kier alpha value is -2.65. The molecule has 1 aliphatic rings. The summed E-state index contributed by atoms with van der Waals surface area (Å²) in [4.78, 5) is 9.82. The fourth-order valence-electron chi connectivity index (χ4n) is 1.41. The first-order valence-corrected chi connectivity index (χ1v) is 4.48. The standard InChI is InChI=1S/C8H5F2N5O3/c9-8(10)7(11)14(13-12)5-3-4(15(16)17)1-2-6(5)18-8/h1-3,11-12H. The maximum Gasteiger partial charge on any atom is 0.462 e. The van der Waals surface area contributed by atoms with E-state index in [-0.39, 0.29) is 16.4 Å². The molecule has 0 fully saturated rings. The van der Waals surface area contributed by atoms with Crippen molar-refractivity contribution < 1.29 is 18.4 Å². The molecule has 0 radical (unpaired) electrons. The van der Waals surface area contributed by atoms with E-state index in [2.05, 4.69) is 9.96 Å². The maximum absolute atomic E-state index is 13.2. The fourth-order valence-corrected chi connectivity index (χ4v) is 1.41. The second-order valence-corrected chi connectivity index (χ2v) is 3.29. The molecule has 0 unspecified atom stereocenters. The van der Waals surface area contributed by atoms with Gasteiger partial charge in [0.05, 0.1) is 4.92 Å². The van der Waals surface area contributed by atoms with E-state index in [0.29, 0.717) is 0 Å². The molecule has 10 heteroatoms. The summed E-state index contributed by atoms with van der Waals surface area (Å²) in [6, 6.07) is 2.84. The van der Waals surface area contributed by atoms with Crippen molar-refractivity contribution in [2.45, 2.75) is 6.11 Å². The number of halogens is 2. The fraction of sp³-hybridized carbons (Fsp3) is 0.125. The number of non-ortho nitro benzene ring substituents is 1. The van der Waals surface area contributed by atoms with Crippen molar-refractivity contribution in [1.82, 2.24) is 0 Å². The number of amidine groups is 1. The lowest BCUT2D eigenvalue weighted by atomic mass is 10.2.